The topological polar surface area (TPSA) is 83.6 Å². The molecule has 1 rings (SSSR count). The zero-order valence-corrected chi connectivity index (χ0v) is 5.99. The van der Waals surface area contributed by atoms with E-state index in [1.807, 2.05) is 0 Å². The molecule has 0 saturated carbocycles. The van der Waals surface area contributed by atoms with E-state index >= 15 is 0 Å². The Kier molecular flexibility index (Phi) is 2.09. The van der Waals surface area contributed by atoms with Crippen LogP contribution in [0.1, 0.15) is 6.42 Å². The van der Waals surface area contributed by atoms with Gasteiger partial charge < -0.3 is 15.7 Å². The third-order valence-electron chi connectivity index (χ3n) is 1.62. The molecule has 62 valence electrons. The lowest BCUT2D eigenvalue weighted by atomic mass is 10.3. The first-order chi connectivity index (χ1) is 5.11. The van der Waals surface area contributed by atoms with Gasteiger partial charge in [-0.25, -0.2) is 0 Å². The summed E-state index contributed by atoms with van der Waals surface area (Å²) in [5.41, 5.74) is 4.87. The Bertz CT molecular complexity index is 192. The number of hydrogen-bond acceptors (Lipinski definition) is 3. The third kappa shape index (κ3) is 1.68. The van der Waals surface area contributed by atoms with E-state index in [4.69, 9.17) is 10.8 Å². The molecule has 0 aromatic rings. The lowest BCUT2D eigenvalue weighted by Gasteiger charge is -2.11. The van der Waals surface area contributed by atoms with E-state index in [0.29, 0.717) is 13.0 Å². The van der Waals surface area contributed by atoms with E-state index in [9.17, 15) is 9.59 Å². The molecular formula is C6H10N2O3. The Morgan fingerprint density at radius 1 is 1.82 bits per heavy atom. The highest BCUT2D eigenvalue weighted by molar-refractivity contribution is 5.87. The van der Waals surface area contributed by atoms with Crippen LogP contribution in [0.3, 0.4) is 0 Å². The van der Waals surface area contributed by atoms with Gasteiger partial charge in [-0.2, -0.15) is 0 Å². The van der Waals surface area contributed by atoms with Gasteiger partial charge >= 0.3 is 0 Å². The van der Waals surface area contributed by atoms with Crippen molar-refractivity contribution < 1.29 is 14.7 Å². The zero-order valence-electron chi connectivity index (χ0n) is 5.99. The van der Waals surface area contributed by atoms with E-state index in [2.05, 4.69) is 0 Å². The van der Waals surface area contributed by atoms with Crippen molar-refractivity contribution in [3.05, 3.63) is 0 Å². The summed E-state index contributed by atoms with van der Waals surface area (Å²) < 4.78 is 0. The van der Waals surface area contributed by atoms with Gasteiger partial charge in [0.2, 0.25) is 5.91 Å². The molecule has 0 radical (unpaired) electrons. The largest absolute Gasteiger partial charge is 0.383 e. The Morgan fingerprint density at radius 3 is 2.82 bits per heavy atom. The molecule has 1 heterocycles. The Hall–Kier alpha value is -1.10. The summed E-state index contributed by atoms with van der Waals surface area (Å²) in [5, 5.41) is 8.94. The quantitative estimate of drug-likeness (QED) is 0.490. The number of rotatable bonds is 2. The Labute approximate surface area is 63.8 Å². The van der Waals surface area contributed by atoms with Crippen LogP contribution in [0.2, 0.25) is 0 Å². The van der Waals surface area contributed by atoms with Crippen molar-refractivity contribution in [3.63, 3.8) is 0 Å². The maximum atomic E-state index is 10.9. The van der Waals surface area contributed by atoms with E-state index in [1.54, 1.807) is 0 Å². The van der Waals surface area contributed by atoms with Crippen molar-refractivity contribution in [2.45, 2.75) is 12.5 Å². The summed E-state index contributed by atoms with van der Waals surface area (Å²) >= 11 is 0. The summed E-state index contributed by atoms with van der Waals surface area (Å²) in [5.74, 6) is -0.948. The van der Waals surface area contributed by atoms with Crippen LogP contribution in [0, 0.1) is 0 Å². The predicted molar refractivity (Wildman–Crippen MR) is 36.4 cm³/mol. The van der Waals surface area contributed by atoms with Crippen molar-refractivity contribution in [3.8, 4) is 0 Å². The van der Waals surface area contributed by atoms with Crippen LogP contribution in [0.15, 0.2) is 0 Å². The molecule has 11 heavy (non-hydrogen) atoms. The van der Waals surface area contributed by atoms with Gasteiger partial charge in [-0.1, -0.05) is 0 Å². The van der Waals surface area contributed by atoms with Crippen LogP contribution in [-0.4, -0.2) is 41.0 Å². The van der Waals surface area contributed by atoms with E-state index in [0.717, 1.165) is 0 Å². The number of hydrogen-bond donors (Lipinski definition) is 2. The monoisotopic (exact) mass is 158 g/mol. The molecule has 3 N–H and O–H groups in total. The lowest BCUT2D eigenvalue weighted by molar-refractivity contribution is -0.137. The first-order valence-corrected chi connectivity index (χ1v) is 3.36. The Morgan fingerprint density at radius 2 is 2.45 bits per heavy atom. The molecule has 0 bridgehead atoms. The molecule has 2 amide bonds. The molecule has 1 aliphatic heterocycles. The third-order valence-corrected chi connectivity index (χ3v) is 1.62. The standard InChI is InChI=1S/C6H10N2O3/c7-5(10)3-8-2-1-4(9)6(8)11/h4,9H,1-3H2,(H2,7,10)/t4-/m0/s1. The van der Waals surface area contributed by atoms with Crippen molar-refractivity contribution >= 4 is 11.8 Å². The fourth-order valence-corrected chi connectivity index (χ4v) is 1.07. The van der Waals surface area contributed by atoms with Crippen molar-refractivity contribution in [1.82, 2.24) is 4.90 Å². The zero-order chi connectivity index (χ0) is 8.43. The van der Waals surface area contributed by atoms with E-state index in [-0.39, 0.29) is 6.54 Å². The normalized spacial score (nSPS) is 24.3. The second-order valence-corrected chi connectivity index (χ2v) is 2.53. The highest BCUT2D eigenvalue weighted by atomic mass is 16.3. The number of amides is 2. The van der Waals surface area contributed by atoms with Gasteiger partial charge in [0.05, 0.1) is 6.54 Å². The van der Waals surface area contributed by atoms with Crippen LogP contribution >= 0.6 is 0 Å². The minimum absolute atomic E-state index is 0.0874. The summed E-state index contributed by atoms with van der Waals surface area (Å²) in [6, 6.07) is 0. The highest BCUT2D eigenvalue weighted by Gasteiger charge is 2.30. The number of nitrogens with zero attached hydrogens (tertiary/aromatic N) is 1. The molecule has 0 unspecified atom stereocenters. The maximum absolute atomic E-state index is 10.9. The van der Waals surface area contributed by atoms with Crippen LogP contribution in [0.5, 0.6) is 0 Å². The highest BCUT2D eigenvalue weighted by Crippen LogP contribution is 2.09. The van der Waals surface area contributed by atoms with Crippen LogP contribution in [0.4, 0.5) is 0 Å². The molecule has 0 aliphatic carbocycles. The van der Waals surface area contributed by atoms with E-state index in [1.165, 1.54) is 4.90 Å². The molecule has 1 aliphatic rings. The van der Waals surface area contributed by atoms with Crippen LogP contribution < -0.4 is 5.73 Å². The number of primary amides is 1. The summed E-state index contributed by atoms with van der Waals surface area (Å²) in [4.78, 5) is 22.5. The Balaban J connectivity index is 2.49. The number of nitrogens with two attached hydrogens (primary N) is 1. The molecule has 0 spiro atoms. The van der Waals surface area contributed by atoms with Gasteiger partial charge in [0.25, 0.3) is 5.91 Å². The molecule has 1 atom stereocenters. The molecular weight excluding hydrogens is 148 g/mol. The summed E-state index contributed by atoms with van der Waals surface area (Å²) in [6.07, 6.45) is -0.541. The second kappa shape index (κ2) is 2.87. The number of carbonyl (C=O) groups excluding carboxylic acids is 2. The average Bonchev–Trinajstić information content (AvgIpc) is 2.18. The first-order valence-electron chi connectivity index (χ1n) is 3.36. The number of likely N-dealkylation sites (tertiary alicyclic amines) is 1. The predicted octanol–water partition coefficient (Wildman–Crippen LogP) is -1.94. The summed E-state index contributed by atoms with van der Waals surface area (Å²) in [6.45, 7) is 0.332. The number of carbonyl (C=O) groups is 2. The number of aliphatic hydroxyl groups is 1. The first kappa shape index (κ1) is 8.00. The van der Waals surface area contributed by atoms with Gasteiger partial charge in [-0.05, 0) is 6.42 Å². The molecule has 1 saturated heterocycles. The van der Waals surface area contributed by atoms with Gasteiger partial charge in [-0.15, -0.1) is 0 Å². The molecule has 5 nitrogen and oxygen atoms in total. The molecule has 5 heteroatoms. The van der Waals surface area contributed by atoms with Gasteiger partial charge in [0, 0.05) is 6.54 Å². The van der Waals surface area contributed by atoms with Crippen molar-refractivity contribution in [1.29, 1.82) is 0 Å². The smallest absolute Gasteiger partial charge is 0.251 e. The molecule has 0 aromatic heterocycles. The maximum Gasteiger partial charge on any atom is 0.251 e. The lowest BCUT2D eigenvalue weighted by Crippen LogP contribution is -2.36. The minimum atomic E-state index is -0.936. The van der Waals surface area contributed by atoms with Crippen LogP contribution in [-0.2, 0) is 9.59 Å². The second-order valence-electron chi connectivity index (χ2n) is 2.53. The molecule has 0 aromatic carbocycles. The summed E-state index contributed by atoms with van der Waals surface area (Å²) in [7, 11) is 0. The van der Waals surface area contributed by atoms with Crippen LogP contribution in [0.25, 0.3) is 0 Å². The van der Waals surface area contributed by atoms with Crippen molar-refractivity contribution in [2.24, 2.45) is 5.73 Å². The van der Waals surface area contributed by atoms with Gasteiger partial charge in [0.1, 0.15) is 6.10 Å². The van der Waals surface area contributed by atoms with Gasteiger partial charge in [-0.3, -0.25) is 9.59 Å². The number of aliphatic hydroxyl groups excluding tert-OH is 1. The van der Waals surface area contributed by atoms with Crippen molar-refractivity contribution in [2.75, 3.05) is 13.1 Å². The fourth-order valence-electron chi connectivity index (χ4n) is 1.07. The van der Waals surface area contributed by atoms with E-state index < -0.39 is 17.9 Å². The average molecular weight is 158 g/mol. The fraction of sp³-hybridized carbons (Fsp3) is 0.667. The SMILES string of the molecule is NC(=O)CN1CC[C@H](O)C1=O. The van der Waals surface area contributed by atoms with Gasteiger partial charge in [0.15, 0.2) is 0 Å². The minimum Gasteiger partial charge on any atom is -0.383 e. The molecule has 1 fully saturated rings.